The number of rotatable bonds is 1. The molecule has 0 aliphatic heterocycles. The van der Waals surface area contributed by atoms with Gasteiger partial charge in [-0.15, -0.1) is 0 Å². The quantitative estimate of drug-likeness (QED) is 0.694. The Balaban J connectivity index is 2.41. The van der Waals surface area contributed by atoms with Crippen molar-refractivity contribution in [2.75, 3.05) is 0 Å². The van der Waals surface area contributed by atoms with Crippen LogP contribution in [-0.2, 0) is 0 Å². The van der Waals surface area contributed by atoms with E-state index in [0.717, 1.165) is 0 Å². The van der Waals surface area contributed by atoms with E-state index >= 15 is 0 Å². The van der Waals surface area contributed by atoms with Crippen molar-refractivity contribution in [3.63, 3.8) is 0 Å². The lowest BCUT2D eigenvalue weighted by atomic mass is 9.81. The van der Waals surface area contributed by atoms with Gasteiger partial charge < -0.3 is 5.41 Å². The average molecular weight is 328 g/mol. The Labute approximate surface area is 124 Å². The molecule has 1 N–H and O–H groups in total. The Morgan fingerprint density at radius 3 is 2.05 bits per heavy atom. The number of ketones is 2. The summed E-state index contributed by atoms with van der Waals surface area (Å²) in [4.78, 5) is 25.3. The van der Waals surface area contributed by atoms with Crippen LogP contribution in [0.5, 0.6) is 0 Å². The van der Waals surface area contributed by atoms with E-state index in [0.29, 0.717) is 32.3 Å². The molecule has 0 atom stereocenters. The summed E-state index contributed by atoms with van der Waals surface area (Å²) in [7, 11) is 0. The second-order valence-electron chi connectivity index (χ2n) is 4.67. The number of halogens is 1. The lowest BCUT2D eigenvalue weighted by Gasteiger charge is -2.21. The summed E-state index contributed by atoms with van der Waals surface area (Å²) < 4.78 is 0.588. The molecule has 3 nitrogen and oxygen atoms in total. The minimum atomic E-state index is -0.196. The zero-order chi connectivity index (χ0) is 14.4. The molecule has 3 rings (SSSR count). The van der Waals surface area contributed by atoms with Crippen molar-refractivity contribution >= 4 is 33.2 Å². The molecule has 0 bridgehead atoms. The average Bonchev–Trinajstić information content (AvgIpc) is 2.44. The maximum absolute atomic E-state index is 12.7. The number of carbonyl (C=O) groups is 2. The van der Waals surface area contributed by atoms with E-state index in [2.05, 4.69) is 15.9 Å². The number of nitrogens with one attached hydrogen (secondary N) is 1. The predicted octanol–water partition coefficient (Wildman–Crippen LogP) is 3.61. The molecule has 2 aromatic carbocycles. The molecule has 1 aliphatic rings. The van der Waals surface area contributed by atoms with Crippen molar-refractivity contribution in [2.45, 2.75) is 6.92 Å². The van der Waals surface area contributed by atoms with Crippen molar-refractivity contribution < 1.29 is 9.59 Å². The van der Waals surface area contributed by atoms with Crippen LogP contribution in [0.1, 0.15) is 44.3 Å². The van der Waals surface area contributed by atoms with Gasteiger partial charge in [0, 0.05) is 38.0 Å². The molecule has 0 amide bonds. The second kappa shape index (κ2) is 4.49. The minimum Gasteiger partial charge on any atom is -0.305 e. The molecule has 4 heteroatoms. The molecule has 98 valence electrons. The molecule has 0 heterocycles. The van der Waals surface area contributed by atoms with Crippen LogP contribution >= 0.6 is 15.9 Å². The van der Waals surface area contributed by atoms with Crippen LogP contribution in [0.3, 0.4) is 0 Å². The van der Waals surface area contributed by atoms with Gasteiger partial charge in [-0.3, -0.25) is 9.59 Å². The molecule has 20 heavy (non-hydrogen) atoms. The summed E-state index contributed by atoms with van der Waals surface area (Å²) in [6.45, 7) is 1.61. The topological polar surface area (TPSA) is 58.0 Å². The van der Waals surface area contributed by atoms with Crippen LogP contribution in [0, 0.1) is 5.41 Å². The van der Waals surface area contributed by atoms with Gasteiger partial charge >= 0.3 is 0 Å². The summed E-state index contributed by atoms with van der Waals surface area (Å²) >= 11 is 3.34. The highest BCUT2D eigenvalue weighted by molar-refractivity contribution is 9.10. The first-order valence-electron chi connectivity index (χ1n) is 6.09. The Morgan fingerprint density at radius 1 is 0.950 bits per heavy atom. The smallest absolute Gasteiger partial charge is 0.195 e. The monoisotopic (exact) mass is 327 g/mol. The van der Waals surface area contributed by atoms with E-state index in [-0.39, 0.29) is 17.3 Å². The van der Waals surface area contributed by atoms with Crippen molar-refractivity contribution in [3.05, 3.63) is 68.7 Å². The fourth-order valence-electron chi connectivity index (χ4n) is 2.50. The first kappa shape index (κ1) is 12.9. The predicted molar refractivity (Wildman–Crippen MR) is 80.0 cm³/mol. The van der Waals surface area contributed by atoms with E-state index in [1.807, 2.05) is 0 Å². The maximum atomic E-state index is 12.7. The normalized spacial score (nSPS) is 12.9. The van der Waals surface area contributed by atoms with E-state index < -0.39 is 0 Å². The summed E-state index contributed by atoms with van der Waals surface area (Å²) in [5.41, 5.74) is 2.30. The first-order valence-corrected chi connectivity index (χ1v) is 6.88. The number of hydrogen-bond acceptors (Lipinski definition) is 3. The van der Waals surface area contributed by atoms with Crippen molar-refractivity contribution in [1.29, 1.82) is 5.41 Å². The van der Waals surface area contributed by atoms with Crippen LogP contribution < -0.4 is 0 Å². The number of fused-ring (bicyclic) bond motifs is 2. The van der Waals surface area contributed by atoms with Crippen LogP contribution in [-0.4, -0.2) is 17.3 Å². The van der Waals surface area contributed by atoms with Gasteiger partial charge in [0.25, 0.3) is 0 Å². The summed E-state index contributed by atoms with van der Waals surface area (Å²) in [6.07, 6.45) is 0. The summed E-state index contributed by atoms with van der Waals surface area (Å²) in [5, 5.41) is 7.81. The Bertz CT molecular complexity index is 793. The zero-order valence-electron chi connectivity index (χ0n) is 10.7. The lowest BCUT2D eigenvalue weighted by Crippen LogP contribution is -2.24. The Hall–Kier alpha value is -2.07. The molecular formula is C16H10BrNO2. The summed E-state index contributed by atoms with van der Waals surface area (Å²) in [5.74, 6) is -0.372. The number of hydrogen-bond donors (Lipinski definition) is 1. The van der Waals surface area contributed by atoms with E-state index in [1.54, 1.807) is 43.3 Å². The van der Waals surface area contributed by atoms with Gasteiger partial charge in [-0.2, -0.15) is 0 Å². The van der Waals surface area contributed by atoms with Crippen LogP contribution in [0.15, 0.2) is 40.9 Å². The molecule has 0 saturated heterocycles. The molecule has 0 spiro atoms. The van der Waals surface area contributed by atoms with Gasteiger partial charge in [0.1, 0.15) is 0 Å². The van der Waals surface area contributed by atoms with Gasteiger partial charge in [0.15, 0.2) is 11.6 Å². The standard InChI is InChI=1S/C16H10BrNO2/c1-8(18)9-6-7-12(17)14-13(9)15(19)10-4-2-3-5-11(10)16(14)20/h2-7,18H,1H3. The molecule has 0 aromatic heterocycles. The van der Waals surface area contributed by atoms with E-state index in [4.69, 9.17) is 5.41 Å². The van der Waals surface area contributed by atoms with Crippen molar-refractivity contribution in [2.24, 2.45) is 0 Å². The maximum Gasteiger partial charge on any atom is 0.195 e. The van der Waals surface area contributed by atoms with Gasteiger partial charge in [-0.05, 0) is 13.0 Å². The highest BCUT2D eigenvalue weighted by Crippen LogP contribution is 2.34. The summed E-state index contributed by atoms with van der Waals surface area (Å²) in [6, 6.07) is 10.2. The van der Waals surface area contributed by atoms with Crippen LogP contribution in [0.2, 0.25) is 0 Å². The largest absolute Gasteiger partial charge is 0.305 e. The second-order valence-corrected chi connectivity index (χ2v) is 5.53. The Morgan fingerprint density at radius 2 is 1.50 bits per heavy atom. The van der Waals surface area contributed by atoms with Crippen molar-refractivity contribution in [3.8, 4) is 0 Å². The van der Waals surface area contributed by atoms with Gasteiger partial charge in [0.05, 0.1) is 0 Å². The highest BCUT2D eigenvalue weighted by Gasteiger charge is 2.33. The number of carbonyl (C=O) groups excluding carboxylic acids is 2. The first-order chi connectivity index (χ1) is 9.52. The van der Waals surface area contributed by atoms with Crippen LogP contribution in [0.4, 0.5) is 0 Å². The molecule has 1 aliphatic carbocycles. The SMILES string of the molecule is CC(=N)c1ccc(Br)c2c1C(=O)c1ccccc1C2=O. The number of benzene rings is 2. The third-order valence-electron chi connectivity index (χ3n) is 3.43. The van der Waals surface area contributed by atoms with Crippen LogP contribution in [0.25, 0.3) is 0 Å². The van der Waals surface area contributed by atoms with Gasteiger partial charge in [-0.1, -0.05) is 46.3 Å². The lowest BCUT2D eigenvalue weighted by molar-refractivity contribution is 0.0978. The van der Waals surface area contributed by atoms with E-state index in [9.17, 15) is 9.59 Å². The fraction of sp³-hybridized carbons (Fsp3) is 0.0625. The van der Waals surface area contributed by atoms with Gasteiger partial charge in [-0.25, -0.2) is 0 Å². The van der Waals surface area contributed by atoms with Gasteiger partial charge in [0.2, 0.25) is 0 Å². The third-order valence-corrected chi connectivity index (χ3v) is 4.09. The molecule has 0 saturated carbocycles. The zero-order valence-corrected chi connectivity index (χ0v) is 12.2. The fourth-order valence-corrected chi connectivity index (χ4v) is 3.01. The third kappa shape index (κ3) is 1.68. The van der Waals surface area contributed by atoms with E-state index in [1.165, 1.54) is 0 Å². The Kier molecular flexibility index (Phi) is 2.91. The van der Waals surface area contributed by atoms with Crippen molar-refractivity contribution in [1.82, 2.24) is 0 Å². The minimum absolute atomic E-state index is 0.176. The molecular weight excluding hydrogens is 318 g/mol. The molecule has 0 unspecified atom stereocenters. The molecule has 2 aromatic rings. The molecule has 0 fully saturated rings. The highest BCUT2D eigenvalue weighted by atomic mass is 79.9. The molecule has 0 radical (unpaired) electrons.